The van der Waals surface area contributed by atoms with Crippen molar-refractivity contribution in [1.29, 1.82) is 0 Å². The maximum absolute atomic E-state index is 12.6. The van der Waals surface area contributed by atoms with Crippen molar-refractivity contribution in [3.05, 3.63) is 23.8 Å². The third-order valence-corrected chi connectivity index (χ3v) is 6.16. The van der Waals surface area contributed by atoms with Gasteiger partial charge in [0.05, 0.1) is 12.8 Å². The average molecular weight is 408 g/mol. The number of carbonyl (C=O) groups is 2. The predicted octanol–water partition coefficient (Wildman–Crippen LogP) is 3.21. The highest BCUT2D eigenvalue weighted by molar-refractivity contribution is 5.98. The SMILES string of the molecule is COc1ccc(C(=O)N2CCCC2)cc1NC(=O)CC1CC2CCC(C1)N2.Cl. The summed E-state index contributed by atoms with van der Waals surface area (Å²) in [6.45, 7) is 1.62. The topological polar surface area (TPSA) is 70.7 Å². The molecule has 2 amide bonds. The van der Waals surface area contributed by atoms with Crippen LogP contribution in [0.5, 0.6) is 5.75 Å². The maximum atomic E-state index is 12.6. The molecule has 154 valence electrons. The summed E-state index contributed by atoms with van der Waals surface area (Å²) in [4.78, 5) is 27.2. The molecular weight excluding hydrogens is 378 g/mol. The lowest BCUT2D eigenvalue weighted by atomic mass is 9.89. The highest BCUT2D eigenvalue weighted by atomic mass is 35.5. The second kappa shape index (κ2) is 9.14. The maximum Gasteiger partial charge on any atom is 0.253 e. The number of rotatable bonds is 5. The number of amides is 2. The summed E-state index contributed by atoms with van der Waals surface area (Å²) < 4.78 is 5.39. The molecule has 3 aliphatic rings. The number of halogens is 1. The molecule has 3 fully saturated rings. The van der Waals surface area contributed by atoms with E-state index in [1.54, 1.807) is 25.3 Å². The Hall–Kier alpha value is -1.79. The van der Waals surface area contributed by atoms with Gasteiger partial charge in [-0.2, -0.15) is 0 Å². The minimum absolute atomic E-state index is 0. The zero-order valence-corrected chi connectivity index (χ0v) is 17.2. The quantitative estimate of drug-likeness (QED) is 0.786. The van der Waals surface area contributed by atoms with Crippen molar-refractivity contribution >= 4 is 29.9 Å². The Morgan fingerprint density at radius 3 is 2.50 bits per heavy atom. The predicted molar refractivity (Wildman–Crippen MR) is 111 cm³/mol. The zero-order valence-electron chi connectivity index (χ0n) is 16.4. The number of nitrogens with one attached hydrogen (secondary N) is 2. The van der Waals surface area contributed by atoms with Crippen molar-refractivity contribution in [2.75, 3.05) is 25.5 Å². The minimum Gasteiger partial charge on any atom is -0.495 e. The molecule has 3 saturated heterocycles. The van der Waals surface area contributed by atoms with Crippen molar-refractivity contribution in [1.82, 2.24) is 10.2 Å². The van der Waals surface area contributed by atoms with E-state index in [1.165, 1.54) is 12.8 Å². The van der Waals surface area contributed by atoms with Crippen LogP contribution in [0.4, 0.5) is 5.69 Å². The van der Waals surface area contributed by atoms with Crippen molar-refractivity contribution in [3.63, 3.8) is 0 Å². The van der Waals surface area contributed by atoms with Gasteiger partial charge < -0.3 is 20.3 Å². The Balaban J connectivity index is 0.00000225. The molecule has 0 aliphatic carbocycles. The number of methoxy groups -OCH3 is 1. The van der Waals surface area contributed by atoms with Crippen LogP contribution < -0.4 is 15.4 Å². The molecule has 2 N–H and O–H groups in total. The first kappa shape index (κ1) is 20.9. The second-order valence-corrected chi connectivity index (χ2v) is 8.14. The van der Waals surface area contributed by atoms with E-state index in [0.717, 1.165) is 38.8 Å². The molecule has 2 unspecified atom stereocenters. The summed E-state index contributed by atoms with van der Waals surface area (Å²) in [6, 6.07) is 6.46. The standard InChI is InChI=1S/C21H29N3O3.ClH/c1-27-19-7-4-15(21(26)24-8-2-3-9-24)13-18(19)23-20(25)12-14-10-16-5-6-17(11-14)22-16;/h4,7,13-14,16-17,22H,2-3,5-6,8-12H2,1H3,(H,23,25);1H. The Morgan fingerprint density at radius 1 is 1.18 bits per heavy atom. The molecule has 7 heteroatoms. The molecule has 0 aromatic heterocycles. The van der Waals surface area contributed by atoms with E-state index in [4.69, 9.17) is 4.74 Å². The first-order valence-electron chi connectivity index (χ1n) is 10.2. The monoisotopic (exact) mass is 407 g/mol. The number of likely N-dealkylation sites (tertiary alicyclic amines) is 1. The molecule has 6 nitrogen and oxygen atoms in total. The summed E-state index contributed by atoms with van der Waals surface area (Å²) >= 11 is 0. The second-order valence-electron chi connectivity index (χ2n) is 8.14. The lowest BCUT2D eigenvalue weighted by Crippen LogP contribution is -2.39. The van der Waals surface area contributed by atoms with Crippen LogP contribution in [0.2, 0.25) is 0 Å². The van der Waals surface area contributed by atoms with Gasteiger partial charge in [-0.15, -0.1) is 12.4 Å². The van der Waals surface area contributed by atoms with Gasteiger partial charge in [-0.05, 0) is 62.6 Å². The van der Waals surface area contributed by atoms with Gasteiger partial charge in [0.15, 0.2) is 0 Å². The van der Waals surface area contributed by atoms with E-state index in [0.29, 0.717) is 41.4 Å². The Labute approximate surface area is 172 Å². The first-order valence-corrected chi connectivity index (χ1v) is 10.2. The highest BCUT2D eigenvalue weighted by Crippen LogP contribution is 2.33. The van der Waals surface area contributed by atoms with Crippen LogP contribution in [-0.2, 0) is 4.79 Å². The molecule has 0 radical (unpaired) electrons. The molecular formula is C21H30ClN3O3. The Bertz CT molecular complexity index is 709. The largest absolute Gasteiger partial charge is 0.495 e. The fraction of sp³-hybridized carbons (Fsp3) is 0.619. The third kappa shape index (κ3) is 4.61. The van der Waals surface area contributed by atoms with Gasteiger partial charge >= 0.3 is 0 Å². The van der Waals surface area contributed by atoms with Crippen molar-refractivity contribution in [2.45, 2.75) is 57.0 Å². The van der Waals surface area contributed by atoms with Crippen LogP contribution in [0.15, 0.2) is 18.2 Å². The van der Waals surface area contributed by atoms with Gasteiger partial charge in [0, 0.05) is 37.2 Å². The van der Waals surface area contributed by atoms with Crippen LogP contribution >= 0.6 is 12.4 Å². The number of piperidine rings is 1. The van der Waals surface area contributed by atoms with E-state index in [2.05, 4.69) is 10.6 Å². The lowest BCUT2D eigenvalue weighted by molar-refractivity contribution is -0.117. The number of nitrogens with zero attached hydrogens (tertiary/aromatic N) is 1. The summed E-state index contributed by atoms with van der Waals surface area (Å²) in [5.41, 5.74) is 1.19. The zero-order chi connectivity index (χ0) is 18.8. The van der Waals surface area contributed by atoms with E-state index < -0.39 is 0 Å². The smallest absolute Gasteiger partial charge is 0.253 e. The van der Waals surface area contributed by atoms with E-state index in [9.17, 15) is 9.59 Å². The van der Waals surface area contributed by atoms with Crippen LogP contribution in [0.3, 0.4) is 0 Å². The molecule has 1 aromatic carbocycles. The molecule has 28 heavy (non-hydrogen) atoms. The molecule has 0 spiro atoms. The summed E-state index contributed by atoms with van der Waals surface area (Å²) in [5, 5.41) is 6.60. The number of hydrogen-bond acceptors (Lipinski definition) is 4. The van der Waals surface area contributed by atoms with Crippen molar-refractivity contribution in [3.8, 4) is 5.75 Å². The highest BCUT2D eigenvalue weighted by Gasteiger charge is 2.34. The molecule has 2 atom stereocenters. The average Bonchev–Trinajstić information content (AvgIpc) is 3.31. The fourth-order valence-corrected chi connectivity index (χ4v) is 4.85. The lowest BCUT2D eigenvalue weighted by Gasteiger charge is -2.28. The van der Waals surface area contributed by atoms with Gasteiger partial charge in [-0.1, -0.05) is 0 Å². The molecule has 3 heterocycles. The van der Waals surface area contributed by atoms with Crippen LogP contribution in [-0.4, -0.2) is 49.0 Å². The van der Waals surface area contributed by atoms with Crippen molar-refractivity contribution < 1.29 is 14.3 Å². The fourth-order valence-electron chi connectivity index (χ4n) is 4.85. The molecule has 4 rings (SSSR count). The molecule has 2 bridgehead atoms. The molecule has 1 aromatic rings. The van der Waals surface area contributed by atoms with Gasteiger partial charge in [0.25, 0.3) is 5.91 Å². The number of hydrogen-bond donors (Lipinski definition) is 2. The first-order chi connectivity index (χ1) is 13.1. The van der Waals surface area contributed by atoms with Gasteiger partial charge in [0.1, 0.15) is 5.75 Å². The Kier molecular flexibility index (Phi) is 6.83. The van der Waals surface area contributed by atoms with E-state index in [1.807, 2.05) is 4.90 Å². The summed E-state index contributed by atoms with van der Waals surface area (Å²) in [5.74, 6) is 1.06. The van der Waals surface area contributed by atoms with Crippen LogP contribution in [0.1, 0.15) is 55.3 Å². The van der Waals surface area contributed by atoms with E-state index in [-0.39, 0.29) is 24.2 Å². The normalized spacial score (nSPS) is 25.9. The number of anilines is 1. The van der Waals surface area contributed by atoms with Crippen LogP contribution in [0, 0.1) is 5.92 Å². The molecule has 0 saturated carbocycles. The minimum atomic E-state index is 0. The molecule has 3 aliphatic heterocycles. The van der Waals surface area contributed by atoms with Crippen molar-refractivity contribution in [2.24, 2.45) is 5.92 Å². The van der Waals surface area contributed by atoms with Gasteiger partial charge in [0.2, 0.25) is 5.91 Å². The van der Waals surface area contributed by atoms with Crippen LogP contribution in [0.25, 0.3) is 0 Å². The van der Waals surface area contributed by atoms with E-state index >= 15 is 0 Å². The van der Waals surface area contributed by atoms with Gasteiger partial charge in [-0.3, -0.25) is 9.59 Å². The number of ether oxygens (including phenoxy) is 1. The third-order valence-electron chi connectivity index (χ3n) is 6.16. The number of fused-ring (bicyclic) bond motifs is 2. The number of carbonyl (C=O) groups excluding carboxylic acids is 2. The summed E-state index contributed by atoms with van der Waals surface area (Å²) in [6.07, 6.45) is 7.27. The van der Waals surface area contributed by atoms with Gasteiger partial charge in [-0.25, -0.2) is 0 Å². The number of benzene rings is 1. The Morgan fingerprint density at radius 2 is 1.86 bits per heavy atom. The summed E-state index contributed by atoms with van der Waals surface area (Å²) in [7, 11) is 1.58.